The van der Waals surface area contributed by atoms with E-state index in [1.807, 2.05) is 18.2 Å². The predicted molar refractivity (Wildman–Crippen MR) is 112 cm³/mol. The maximum absolute atomic E-state index is 13.2. The zero-order chi connectivity index (χ0) is 19.8. The predicted octanol–water partition coefficient (Wildman–Crippen LogP) is 5.09. The summed E-state index contributed by atoms with van der Waals surface area (Å²) in [6.07, 6.45) is 2.33. The van der Waals surface area contributed by atoms with E-state index in [0.29, 0.717) is 12.7 Å². The van der Waals surface area contributed by atoms with Crippen LogP contribution in [0.15, 0.2) is 24.3 Å². The SMILES string of the molecule is CC1c2ccccc2C(=O)N1C(C1CC1)C(C)(C)OCOCC[Si](C)(C)C. The summed E-state index contributed by atoms with van der Waals surface area (Å²) in [6.45, 7) is 14.5. The largest absolute Gasteiger partial charge is 0.356 e. The summed E-state index contributed by atoms with van der Waals surface area (Å²) < 4.78 is 12.0. The average molecular weight is 390 g/mol. The van der Waals surface area contributed by atoms with Crippen LogP contribution in [-0.4, -0.2) is 43.9 Å². The van der Waals surface area contributed by atoms with Crippen molar-refractivity contribution in [2.24, 2.45) is 5.92 Å². The van der Waals surface area contributed by atoms with Crippen molar-refractivity contribution in [3.63, 3.8) is 0 Å². The van der Waals surface area contributed by atoms with Crippen LogP contribution in [-0.2, 0) is 9.47 Å². The van der Waals surface area contributed by atoms with Gasteiger partial charge in [-0.1, -0.05) is 37.8 Å². The van der Waals surface area contributed by atoms with E-state index in [-0.39, 0.29) is 18.0 Å². The van der Waals surface area contributed by atoms with Crippen molar-refractivity contribution >= 4 is 14.0 Å². The van der Waals surface area contributed by atoms with Crippen LogP contribution in [0.3, 0.4) is 0 Å². The molecule has 1 aromatic carbocycles. The summed E-state index contributed by atoms with van der Waals surface area (Å²) in [4.78, 5) is 15.2. The Morgan fingerprint density at radius 2 is 1.89 bits per heavy atom. The summed E-state index contributed by atoms with van der Waals surface area (Å²) in [5.41, 5.74) is 1.54. The lowest BCUT2D eigenvalue weighted by Gasteiger charge is -2.42. The molecule has 0 aromatic heterocycles. The molecule has 1 fully saturated rings. The van der Waals surface area contributed by atoms with Gasteiger partial charge in [-0.25, -0.2) is 0 Å². The Labute approximate surface area is 165 Å². The van der Waals surface area contributed by atoms with E-state index in [2.05, 4.69) is 51.4 Å². The molecule has 2 aliphatic rings. The summed E-state index contributed by atoms with van der Waals surface area (Å²) in [5, 5.41) is 0. The van der Waals surface area contributed by atoms with Crippen molar-refractivity contribution < 1.29 is 14.3 Å². The molecule has 1 aliphatic carbocycles. The molecule has 5 heteroatoms. The van der Waals surface area contributed by atoms with E-state index >= 15 is 0 Å². The fraction of sp³-hybridized carbons (Fsp3) is 0.682. The number of carbonyl (C=O) groups excluding carboxylic acids is 1. The number of ether oxygens (including phenoxy) is 2. The second kappa shape index (κ2) is 7.68. The Hall–Kier alpha value is -1.17. The van der Waals surface area contributed by atoms with Crippen molar-refractivity contribution in [1.29, 1.82) is 0 Å². The zero-order valence-corrected chi connectivity index (χ0v) is 18.7. The van der Waals surface area contributed by atoms with Crippen LogP contribution >= 0.6 is 0 Å². The molecule has 0 spiro atoms. The highest BCUT2D eigenvalue weighted by Gasteiger charge is 2.51. The number of rotatable bonds is 9. The summed E-state index contributed by atoms with van der Waals surface area (Å²) in [7, 11) is -1.09. The van der Waals surface area contributed by atoms with Crippen LogP contribution in [0.4, 0.5) is 0 Å². The highest BCUT2D eigenvalue weighted by Crippen LogP contribution is 2.47. The normalized spacial score (nSPS) is 21.5. The first-order valence-corrected chi connectivity index (χ1v) is 14.0. The van der Waals surface area contributed by atoms with Gasteiger partial charge in [-0.3, -0.25) is 4.79 Å². The lowest BCUT2D eigenvalue weighted by molar-refractivity contribution is -0.155. The number of hydrogen-bond donors (Lipinski definition) is 0. The minimum atomic E-state index is -1.09. The van der Waals surface area contributed by atoms with Crippen molar-refractivity contribution in [3.05, 3.63) is 35.4 Å². The second-order valence-corrected chi connectivity index (χ2v) is 15.5. The Bertz CT molecular complexity index is 678. The third-order valence-electron chi connectivity index (χ3n) is 5.88. The molecule has 1 aliphatic heterocycles. The number of benzene rings is 1. The first-order valence-electron chi connectivity index (χ1n) is 10.2. The number of hydrogen-bond acceptors (Lipinski definition) is 3. The summed E-state index contributed by atoms with van der Waals surface area (Å²) in [6, 6.07) is 9.31. The third kappa shape index (κ3) is 4.64. The van der Waals surface area contributed by atoms with Crippen LogP contribution in [0, 0.1) is 5.92 Å². The lowest BCUT2D eigenvalue weighted by atomic mass is 9.91. The molecule has 150 valence electrons. The van der Waals surface area contributed by atoms with Gasteiger partial charge in [0.05, 0.1) is 17.7 Å². The van der Waals surface area contributed by atoms with Gasteiger partial charge in [0.25, 0.3) is 5.91 Å². The molecule has 0 saturated heterocycles. The second-order valence-electron chi connectivity index (χ2n) is 9.84. The topological polar surface area (TPSA) is 38.8 Å². The summed E-state index contributed by atoms with van der Waals surface area (Å²) in [5.74, 6) is 0.661. The number of amides is 1. The number of fused-ring (bicyclic) bond motifs is 1. The average Bonchev–Trinajstić information content (AvgIpc) is 3.37. The van der Waals surface area contributed by atoms with Crippen LogP contribution in [0.25, 0.3) is 0 Å². The fourth-order valence-electron chi connectivity index (χ4n) is 4.15. The van der Waals surface area contributed by atoms with Gasteiger partial charge in [-0.2, -0.15) is 0 Å². The monoisotopic (exact) mass is 389 g/mol. The van der Waals surface area contributed by atoms with Crippen molar-refractivity contribution in [2.75, 3.05) is 13.4 Å². The highest BCUT2D eigenvalue weighted by molar-refractivity contribution is 6.76. The summed E-state index contributed by atoms with van der Waals surface area (Å²) >= 11 is 0. The van der Waals surface area contributed by atoms with Gasteiger partial charge in [-0.15, -0.1) is 0 Å². The molecule has 0 N–H and O–H groups in total. The molecule has 1 amide bonds. The molecule has 1 heterocycles. The molecule has 1 aromatic rings. The molecule has 27 heavy (non-hydrogen) atoms. The fourth-order valence-corrected chi connectivity index (χ4v) is 4.90. The molecular weight excluding hydrogens is 354 g/mol. The van der Waals surface area contributed by atoms with E-state index in [1.54, 1.807) is 0 Å². The van der Waals surface area contributed by atoms with Crippen LogP contribution in [0.1, 0.15) is 55.6 Å². The van der Waals surface area contributed by atoms with Gasteiger partial charge >= 0.3 is 0 Å². The molecule has 1 saturated carbocycles. The Morgan fingerprint density at radius 1 is 1.22 bits per heavy atom. The number of carbonyl (C=O) groups is 1. The smallest absolute Gasteiger partial charge is 0.255 e. The minimum Gasteiger partial charge on any atom is -0.356 e. The Balaban J connectivity index is 1.68. The van der Waals surface area contributed by atoms with Crippen molar-refractivity contribution in [3.8, 4) is 0 Å². The standard InChI is InChI=1S/C22H35NO3Si/c1-16-18-9-7-8-10-19(18)21(24)23(16)20(17-11-12-17)22(2,3)26-15-25-13-14-27(4,5)6/h7-10,16-17,20H,11-15H2,1-6H3. The van der Waals surface area contributed by atoms with Gasteiger partial charge in [-0.05, 0) is 57.2 Å². The highest BCUT2D eigenvalue weighted by atomic mass is 28.3. The lowest BCUT2D eigenvalue weighted by Crippen LogP contribution is -2.53. The van der Waals surface area contributed by atoms with Gasteiger partial charge in [0, 0.05) is 20.2 Å². The quantitative estimate of drug-likeness (QED) is 0.335. The molecule has 3 rings (SSSR count). The molecular formula is C22H35NO3Si. The van der Waals surface area contributed by atoms with E-state index in [4.69, 9.17) is 9.47 Å². The van der Waals surface area contributed by atoms with E-state index in [0.717, 1.165) is 23.8 Å². The molecule has 0 radical (unpaired) electrons. The van der Waals surface area contributed by atoms with E-state index < -0.39 is 13.7 Å². The molecule has 4 nitrogen and oxygen atoms in total. The van der Waals surface area contributed by atoms with Gasteiger partial charge in [0.1, 0.15) is 6.79 Å². The van der Waals surface area contributed by atoms with Gasteiger partial charge in [0.15, 0.2) is 0 Å². The van der Waals surface area contributed by atoms with Crippen molar-refractivity contribution in [2.45, 2.75) is 77.0 Å². The zero-order valence-electron chi connectivity index (χ0n) is 17.7. The third-order valence-corrected chi connectivity index (χ3v) is 7.59. The maximum atomic E-state index is 13.2. The van der Waals surface area contributed by atoms with Crippen LogP contribution in [0.2, 0.25) is 25.7 Å². The van der Waals surface area contributed by atoms with Crippen molar-refractivity contribution in [1.82, 2.24) is 4.90 Å². The van der Waals surface area contributed by atoms with Gasteiger partial charge < -0.3 is 14.4 Å². The van der Waals surface area contributed by atoms with Gasteiger partial charge in [0.2, 0.25) is 0 Å². The van der Waals surface area contributed by atoms with E-state index in [9.17, 15) is 4.79 Å². The Morgan fingerprint density at radius 3 is 2.48 bits per heavy atom. The minimum absolute atomic E-state index is 0.0768. The molecule has 0 bridgehead atoms. The maximum Gasteiger partial charge on any atom is 0.255 e. The van der Waals surface area contributed by atoms with E-state index in [1.165, 1.54) is 12.8 Å². The van der Waals surface area contributed by atoms with Crippen LogP contribution in [0.5, 0.6) is 0 Å². The Kier molecular flexibility index (Phi) is 5.85. The number of nitrogens with zero attached hydrogens (tertiary/aromatic N) is 1. The first-order chi connectivity index (χ1) is 12.6. The molecule has 2 unspecified atom stereocenters. The first kappa shape index (κ1) is 20.6. The van der Waals surface area contributed by atoms with Crippen LogP contribution < -0.4 is 0 Å². The molecule has 2 atom stereocenters.